The van der Waals surface area contributed by atoms with Crippen molar-refractivity contribution in [3.8, 4) is 5.69 Å². The molecule has 0 saturated heterocycles. The molecule has 0 radical (unpaired) electrons. The van der Waals surface area contributed by atoms with Crippen LogP contribution in [-0.2, 0) is 14.8 Å². The largest absolute Gasteiger partial charge is 0.392 e. The molecule has 1 fully saturated rings. The van der Waals surface area contributed by atoms with Crippen LogP contribution in [0.3, 0.4) is 0 Å². The summed E-state index contributed by atoms with van der Waals surface area (Å²) in [4.78, 5) is 29.4. The molecule has 0 aliphatic heterocycles. The molecule has 3 N–H and O–H groups in total. The Labute approximate surface area is 248 Å². The highest BCUT2D eigenvalue weighted by Gasteiger charge is 2.32. The molecule has 220 valence electrons. The van der Waals surface area contributed by atoms with Gasteiger partial charge in [-0.15, -0.1) is 0 Å². The normalized spacial score (nSPS) is 15.2. The third-order valence-corrected chi connectivity index (χ3v) is 8.70. The molecule has 11 nitrogen and oxygen atoms in total. The number of hydrogen-bond acceptors (Lipinski definition) is 7. The molecule has 1 aromatic heterocycles. The highest BCUT2D eigenvalue weighted by atomic mass is 79.9. The van der Waals surface area contributed by atoms with Gasteiger partial charge < -0.3 is 15.7 Å². The summed E-state index contributed by atoms with van der Waals surface area (Å²) >= 11 is 3.43. The fourth-order valence-electron chi connectivity index (χ4n) is 4.77. The lowest BCUT2D eigenvalue weighted by molar-refractivity contribution is -0.125. The van der Waals surface area contributed by atoms with Crippen LogP contribution in [0.15, 0.2) is 45.9 Å². The molecule has 0 spiro atoms. The van der Waals surface area contributed by atoms with Gasteiger partial charge in [0.15, 0.2) is 0 Å². The van der Waals surface area contributed by atoms with Crippen LogP contribution < -0.4 is 14.9 Å². The second-order valence-electron chi connectivity index (χ2n) is 10.2. The van der Waals surface area contributed by atoms with Gasteiger partial charge in [0.05, 0.1) is 35.2 Å². The van der Waals surface area contributed by atoms with Crippen LogP contribution in [0, 0.1) is 5.92 Å². The molecule has 3 aromatic rings. The van der Waals surface area contributed by atoms with Gasteiger partial charge in [0.25, 0.3) is 5.91 Å². The summed E-state index contributed by atoms with van der Waals surface area (Å²) in [6, 6.07) is 11.0. The third-order valence-electron chi connectivity index (χ3n) is 6.99. The van der Waals surface area contributed by atoms with Gasteiger partial charge in [-0.2, -0.15) is 5.10 Å². The zero-order chi connectivity index (χ0) is 29.9. The topological polar surface area (TPSA) is 146 Å². The Hall–Kier alpha value is -3.29. The van der Waals surface area contributed by atoms with E-state index in [0.717, 1.165) is 29.1 Å². The van der Waals surface area contributed by atoms with E-state index in [1.807, 2.05) is 30.3 Å². The van der Waals surface area contributed by atoms with Crippen LogP contribution in [0.5, 0.6) is 0 Å². The highest BCUT2D eigenvalue weighted by molar-refractivity contribution is 9.10. The summed E-state index contributed by atoms with van der Waals surface area (Å²) in [5.74, 6) is -1.29. The second-order valence-corrected chi connectivity index (χ2v) is 13.0. The van der Waals surface area contributed by atoms with Gasteiger partial charge in [-0.1, -0.05) is 15.9 Å². The van der Waals surface area contributed by atoms with Crippen molar-refractivity contribution < 1.29 is 23.1 Å². The number of nitrogens with zero attached hydrogens (tertiary/aromatic N) is 4. The number of halogens is 1. The van der Waals surface area contributed by atoms with Crippen molar-refractivity contribution in [1.29, 1.82) is 0 Å². The molecule has 2 amide bonds. The fourth-order valence-corrected chi connectivity index (χ4v) is 6.01. The Morgan fingerprint density at radius 2 is 1.95 bits per heavy atom. The van der Waals surface area contributed by atoms with Crippen molar-refractivity contribution >= 4 is 60.6 Å². The summed E-state index contributed by atoms with van der Waals surface area (Å²) in [7, 11) is -0.605. The van der Waals surface area contributed by atoms with E-state index in [0.29, 0.717) is 34.4 Å². The van der Waals surface area contributed by atoms with Crippen LogP contribution in [0.4, 0.5) is 5.69 Å². The summed E-state index contributed by atoms with van der Waals surface area (Å²) in [6.07, 6.45) is 3.82. The number of nitrogens with one attached hydrogen (secondary N) is 2. The van der Waals surface area contributed by atoms with Crippen molar-refractivity contribution in [3.63, 3.8) is 0 Å². The first-order chi connectivity index (χ1) is 19.5. The lowest BCUT2D eigenvalue weighted by atomic mass is 10.0. The molecule has 1 aliphatic carbocycles. The third kappa shape index (κ3) is 6.96. The van der Waals surface area contributed by atoms with Crippen molar-refractivity contribution in [2.24, 2.45) is 10.9 Å². The average Bonchev–Trinajstić information content (AvgIpc) is 3.70. The maximum atomic E-state index is 13.0. The van der Waals surface area contributed by atoms with E-state index in [9.17, 15) is 23.1 Å². The molecule has 1 saturated carbocycles. The second kappa shape index (κ2) is 12.7. The van der Waals surface area contributed by atoms with Gasteiger partial charge in [-0.25, -0.2) is 13.1 Å². The molecule has 2 atom stereocenters. The van der Waals surface area contributed by atoms with Crippen LogP contribution in [0.2, 0.25) is 0 Å². The number of sulfonamides is 1. The number of aromatic nitrogens is 2. The molecular weight excluding hydrogens is 612 g/mol. The summed E-state index contributed by atoms with van der Waals surface area (Å²) in [5.41, 5.74) is 2.93. The van der Waals surface area contributed by atoms with E-state index in [1.54, 1.807) is 17.8 Å². The highest BCUT2D eigenvalue weighted by Crippen LogP contribution is 2.46. The Morgan fingerprint density at radius 3 is 2.51 bits per heavy atom. The van der Waals surface area contributed by atoms with Crippen molar-refractivity contribution in [2.75, 3.05) is 37.7 Å². The van der Waals surface area contributed by atoms with E-state index in [2.05, 4.69) is 31.6 Å². The van der Waals surface area contributed by atoms with Crippen molar-refractivity contribution in [2.45, 2.75) is 38.2 Å². The number of carbonyl (C=O) groups is 2. The summed E-state index contributed by atoms with van der Waals surface area (Å²) < 4.78 is 29.9. The van der Waals surface area contributed by atoms with Crippen LogP contribution in [-0.4, -0.2) is 80.9 Å². The van der Waals surface area contributed by atoms with Crippen LogP contribution in [0.1, 0.15) is 48.2 Å². The van der Waals surface area contributed by atoms with Gasteiger partial charge in [-0.05, 0) is 74.1 Å². The van der Waals surface area contributed by atoms with Gasteiger partial charge in [0.1, 0.15) is 5.69 Å². The Morgan fingerprint density at radius 1 is 1.27 bits per heavy atom. The van der Waals surface area contributed by atoms with Crippen molar-refractivity contribution in [1.82, 2.24) is 20.4 Å². The number of anilines is 1. The predicted octanol–water partition coefficient (Wildman–Crippen LogP) is 2.99. The van der Waals surface area contributed by atoms with Crippen LogP contribution in [0.25, 0.3) is 16.6 Å². The average molecular weight is 648 g/mol. The van der Waals surface area contributed by atoms with Gasteiger partial charge in [-0.3, -0.25) is 18.9 Å². The molecule has 1 aliphatic rings. The van der Waals surface area contributed by atoms with E-state index < -0.39 is 22.0 Å². The SMILES string of the molecule is CN=CC(C(=O)NCCCN(c1cc2nn(-c3ccc(Br)cc3)c(C(=O)NC)c2cc1C1CC1)S(C)(=O)=O)C(C)O. The lowest BCUT2D eigenvalue weighted by Gasteiger charge is -2.25. The monoisotopic (exact) mass is 646 g/mol. The smallest absolute Gasteiger partial charge is 0.270 e. The van der Waals surface area contributed by atoms with Gasteiger partial charge in [0, 0.05) is 43.3 Å². The minimum absolute atomic E-state index is 0.126. The maximum Gasteiger partial charge on any atom is 0.270 e. The molecule has 41 heavy (non-hydrogen) atoms. The lowest BCUT2D eigenvalue weighted by Crippen LogP contribution is -2.39. The number of aliphatic hydroxyl groups excluding tert-OH is 1. The number of carbonyl (C=O) groups excluding carboxylic acids is 2. The number of rotatable bonds is 12. The zero-order valence-electron chi connectivity index (χ0n) is 23.5. The summed E-state index contributed by atoms with van der Waals surface area (Å²) in [6.45, 7) is 1.85. The standard InChI is InChI=1S/C28H35BrN6O5S/c1-17(36)23(16-30-2)27(37)32-12-5-13-34(41(4,39)40)25-15-24-22(14-21(25)18-6-7-18)26(28(38)31-3)35(33-24)20-10-8-19(29)9-11-20/h8-11,14-18,23,36H,5-7,12-13H2,1-4H3,(H,31,38)(H,32,37). The van der Waals surface area contributed by atoms with E-state index in [-0.39, 0.29) is 30.8 Å². The summed E-state index contributed by atoms with van der Waals surface area (Å²) in [5, 5.41) is 20.7. The molecular formula is C28H35BrN6O5S. The molecule has 4 rings (SSSR count). The Kier molecular flexibility index (Phi) is 9.50. The zero-order valence-corrected chi connectivity index (χ0v) is 25.9. The number of hydrogen-bond donors (Lipinski definition) is 3. The molecule has 13 heteroatoms. The number of fused-ring (bicyclic) bond motifs is 1. The van der Waals surface area contributed by atoms with E-state index in [4.69, 9.17) is 5.10 Å². The first-order valence-electron chi connectivity index (χ1n) is 13.4. The minimum atomic E-state index is -3.69. The molecule has 2 aromatic carbocycles. The first kappa shape index (κ1) is 30.7. The Bertz CT molecular complexity index is 1560. The van der Waals surface area contributed by atoms with Gasteiger partial charge in [0.2, 0.25) is 15.9 Å². The number of amides is 2. The minimum Gasteiger partial charge on any atom is -0.392 e. The molecule has 1 heterocycles. The Balaban J connectivity index is 1.70. The molecule has 0 bridgehead atoms. The predicted molar refractivity (Wildman–Crippen MR) is 164 cm³/mol. The first-order valence-corrected chi connectivity index (χ1v) is 16.0. The fraction of sp³-hybridized carbons (Fsp3) is 0.429. The molecule has 2 unspecified atom stereocenters. The number of aliphatic hydroxyl groups is 1. The van der Waals surface area contributed by atoms with E-state index in [1.165, 1.54) is 24.5 Å². The van der Waals surface area contributed by atoms with Gasteiger partial charge >= 0.3 is 0 Å². The number of aliphatic imine (C=N–C) groups is 1. The quantitative estimate of drug-likeness (QED) is 0.204. The van der Waals surface area contributed by atoms with E-state index >= 15 is 0 Å². The number of benzene rings is 2. The van der Waals surface area contributed by atoms with Crippen LogP contribution >= 0.6 is 15.9 Å². The maximum absolute atomic E-state index is 13.0. The van der Waals surface area contributed by atoms with Crippen molar-refractivity contribution in [3.05, 3.63) is 52.1 Å².